The third-order valence-electron chi connectivity index (χ3n) is 3.94. The van der Waals surface area contributed by atoms with Crippen LogP contribution in [0, 0.1) is 20.8 Å². The predicted molar refractivity (Wildman–Crippen MR) is 136 cm³/mol. The lowest BCUT2D eigenvalue weighted by atomic mass is 10.2. The van der Waals surface area contributed by atoms with E-state index in [4.69, 9.17) is 14.2 Å². The minimum Gasteiger partial charge on any atom is -0.496 e. The lowest BCUT2D eigenvalue weighted by Gasteiger charge is -2.00. The Kier molecular flexibility index (Phi) is 19.8. The summed E-state index contributed by atoms with van der Waals surface area (Å²) in [5.74, 6) is 2.87. The first-order chi connectivity index (χ1) is 15.0. The van der Waals surface area contributed by atoms with Gasteiger partial charge < -0.3 is 14.2 Å². The molecule has 0 aromatic heterocycles. The summed E-state index contributed by atoms with van der Waals surface area (Å²) in [5.41, 5.74) is 3.54. The van der Waals surface area contributed by atoms with Crippen molar-refractivity contribution in [2.45, 2.75) is 48.5 Å². The van der Waals surface area contributed by atoms with Crippen LogP contribution in [0.5, 0.6) is 17.2 Å². The molecule has 172 valence electrons. The van der Waals surface area contributed by atoms with Crippen molar-refractivity contribution in [1.82, 2.24) is 0 Å². The van der Waals surface area contributed by atoms with Crippen LogP contribution in [0.25, 0.3) is 0 Å². The van der Waals surface area contributed by atoms with Gasteiger partial charge in [-0.25, -0.2) is 0 Å². The van der Waals surface area contributed by atoms with Crippen molar-refractivity contribution in [3.63, 3.8) is 0 Å². The molecule has 0 spiro atoms. The van der Waals surface area contributed by atoms with Crippen LogP contribution >= 0.6 is 0 Å². The number of methoxy groups -OCH3 is 3. The maximum Gasteiger partial charge on any atom is 0.121 e. The van der Waals surface area contributed by atoms with Crippen molar-refractivity contribution in [3.8, 4) is 17.2 Å². The third kappa shape index (κ3) is 13.1. The highest BCUT2D eigenvalue weighted by molar-refractivity contribution is 5.32. The molecule has 3 heteroatoms. The lowest BCUT2D eigenvalue weighted by Crippen LogP contribution is -1.84. The van der Waals surface area contributed by atoms with E-state index in [0.717, 1.165) is 17.2 Å². The summed E-state index contributed by atoms with van der Waals surface area (Å²) in [5, 5.41) is 0. The van der Waals surface area contributed by atoms with Crippen LogP contribution in [0.15, 0.2) is 72.8 Å². The van der Waals surface area contributed by atoms with Gasteiger partial charge in [-0.1, -0.05) is 82.3 Å². The molecule has 0 bridgehead atoms. The minimum atomic E-state index is 0.956. The van der Waals surface area contributed by atoms with Crippen LogP contribution in [0.1, 0.15) is 44.4 Å². The van der Waals surface area contributed by atoms with Gasteiger partial charge in [0.25, 0.3) is 0 Å². The Morgan fingerprint density at radius 3 is 0.710 bits per heavy atom. The van der Waals surface area contributed by atoms with Crippen LogP contribution in [-0.4, -0.2) is 21.3 Å². The van der Waals surface area contributed by atoms with Gasteiger partial charge in [0.05, 0.1) is 21.3 Å². The summed E-state index contributed by atoms with van der Waals surface area (Å²) in [4.78, 5) is 0. The van der Waals surface area contributed by atoms with Crippen molar-refractivity contribution in [2.24, 2.45) is 0 Å². The van der Waals surface area contributed by atoms with Gasteiger partial charge in [-0.2, -0.15) is 0 Å². The number of hydrogen-bond acceptors (Lipinski definition) is 3. The van der Waals surface area contributed by atoms with Gasteiger partial charge >= 0.3 is 0 Å². The Hall–Kier alpha value is -2.94. The Bertz CT molecular complexity index is 689. The SMILES string of the molecule is CC.CC.COc1ccccc1C.COc1ccccc1C.COc1ccccc1C. The van der Waals surface area contributed by atoms with Crippen LogP contribution < -0.4 is 14.2 Å². The number of hydrogen-bond donors (Lipinski definition) is 0. The number of aryl methyl sites for hydroxylation is 3. The quantitative estimate of drug-likeness (QED) is 0.424. The molecule has 0 atom stereocenters. The number of rotatable bonds is 3. The molecule has 0 aliphatic carbocycles. The van der Waals surface area contributed by atoms with Crippen LogP contribution in [0.3, 0.4) is 0 Å². The molecule has 0 fully saturated rings. The van der Waals surface area contributed by atoms with E-state index >= 15 is 0 Å². The zero-order valence-corrected chi connectivity index (χ0v) is 21.2. The van der Waals surface area contributed by atoms with Gasteiger partial charge in [0.2, 0.25) is 0 Å². The number of para-hydroxylation sites is 3. The highest BCUT2D eigenvalue weighted by Crippen LogP contribution is 2.15. The van der Waals surface area contributed by atoms with Crippen molar-refractivity contribution in [2.75, 3.05) is 21.3 Å². The van der Waals surface area contributed by atoms with Crippen molar-refractivity contribution < 1.29 is 14.2 Å². The van der Waals surface area contributed by atoms with E-state index in [9.17, 15) is 0 Å². The van der Waals surface area contributed by atoms with Crippen LogP contribution in [0.4, 0.5) is 0 Å². The van der Waals surface area contributed by atoms with Gasteiger partial charge in [0, 0.05) is 0 Å². The summed E-state index contributed by atoms with van der Waals surface area (Å²) in [6, 6.07) is 23.8. The van der Waals surface area contributed by atoms with Gasteiger partial charge in [-0.15, -0.1) is 0 Å². The molecule has 0 heterocycles. The average molecular weight is 427 g/mol. The molecule has 0 amide bonds. The summed E-state index contributed by atoms with van der Waals surface area (Å²) in [6.07, 6.45) is 0. The molecular formula is C28H42O3. The molecule has 0 aliphatic heterocycles. The Balaban J connectivity index is 0. The fourth-order valence-electron chi connectivity index (χ4n) is 2.36. The van der Waals surface area contributed by atoms with E-state index in [2.05, 4.69) is 0 Å². The number of benzene rings is 3. The van der Waals surface area contributed by atoms with Crippen LogP contribution in [-0.2, 0) is 0 Å². The highest BCUT2D eigenvalue weighted by Gasteiger charge is 1.92. The molecule has 3 rings (SSSR count). The summed E-state index contributed by atoms with van der Waals surface area (Å²) >= 11 is 0. The molecular weight excluding hydrogens is 384 g/mol. The smallest absolute Gasteiger partial charge is 0.121 e. The summed E-state index contributed by atoms with van der Waals surface area (Å²) < 4.78 is 15.1. The summed E-state index contributed by atoms with van der Waals surface area (Å²) in [6.45, 7) is 14.1. The van der Waals surface area contributed by atoms with E-state index in [1.54, 1.807) is 21.3 Å². The van der Waals surface area contributed by atoms with Gasteiger partial charge in [0.15, 0.2) is 0 Å². The van der Waals surface area contributed by atoms with Crippen molar-refractivity contribution in [3.05, 3.63) is 89.5 Å². The molecule has 0 saturated carbocycles. The van der Waals surface area contributed by atoms with E-state index in [0.29, 0.717) is 0 Å². The maximum absolute atomic E-state index is 5.04. The summed E-state index contributed by atoms with van der Waals surface area (Å²) in [7, 11) is 5.05. The topological polar surface area (TPSA) is 27.7 Å². The fourth-order valence-corrected chi connectivity index (χ4v) is 2.36. The van der Waals surface area contributed by atoms with E-state index < -0.39 is 0 Å². The molecule has 0 N–H and O–H groups in total. The van der Waals surface area contributed by atoms with Crippen molar-refractivity contribution >= 4 is 0 Å². The molecule has 0 radical (unpaired) electrons. The standard InChI is InChI=1S/3C8H10O.2C2H6/c3*1-7-5-3-4-6-8(7)9-2;2*1-2/h3*3-6H,1-2H3;2*1-2H3. The molecule has 0 unspecified atom stereocenters. The monoisotopic (exact) mass is 426 g/mol. The van der Waals surface area contributed by atoms with Gasteiger partial charge in [-0.05, 0) is 55.7 Å². The molecule has 3 nitrogen and oxygen atoms in total. The number of ether oxygens (including phenoxy) is 3. The Morgan fingerprint density at radius 1 is 0.387 bits per heavy atom. The lowest BCUT2D eigenvalue weighted by molar-refractivity contribution is 0.411. The second-order valence-corrected chi connectivity index (χ2v) is 5.91. The molecule has 31 heavy (non-hydrogen) atoms. The van der Waals surface area contributed by atoms with Crippen LogP contribution in [0.2, 0.25) is 0 Å². The first-order valence-electron chi connectivity index (χ1n) is 10.8. The average Bonchev–Trinajstić information content (AvgIpc) is 2.83. The molecule has 0 saturated heterocycles. The molecule has 3 aromatic carbocycles. The Labute approximate surface area is 191 Å². The van der Waals surface area contributed by atoms with E-state index in [1.165, 1.54) is 16.7 Å². The highest BCUT2D eigenvalue weighted by atomic mass is 16.5. The van der Waals surface area contributed by atoms with Gasteiger partial charge in [0.1, 0.15) is 17.2 Å². The normalized spacial score (nSPS) is 8.32. The third-order valence-corrected chi connectivity index (χ3v) is 3.94. The van der Waals surface area contributed by atoms with Crippen molar-refractivity contribution in [1.29, 1.82) is 0 Å². The Morgan fingerprint density at radius 2 is 0.581 bits per heavy atom. The second-order valence-electron chi connectivity index (χ2n) is 5.91. The van der Waals surface area contributed by atoms with E-state index in [1.807, 2.05) is 121 Å². The second kappa shape index (κ2) is 20.3. The first-order valence-corrected chi connectivity index (χ1v) is 10.8. The zero-order valence-electron chi connectivity index (χ0n) is 21.2. The van der Waals surface area contributed by atoms with E-state index in [-0.39, 0.29) is 0 Å². The fraction of sp³-hybridized carbons (Fsp3) is 0.357. The first kappa shape index (κ1) is 30.3. The molecule has 3 aromatic rings. The maximum atomic E-state index is 5.04. The van der Waals surface area contributed by atoms with Gasteiger partial charge in [-0.3, -0.25) is 0 Å². The minimum absolute atomic E-state index is 0.956. The zero-order chi connectivity index (χ0) is 24.1. The molecule has 0 aliphatic rings. The largest absolute Gasteiger partial charge is 0.496 e. The predicted octanol–water partition coefficient (Wildman–Crippen LogP) is 8.06.